The predicted molar refractivity (Wildman–Crippen MR) is 110 cm³/mol. The maximum absolute atomic E-state index is 12.8. The van der Waals surface area contributed by atoms with E-state index in [4.69, 9.17) is 0 Å². The first-order valence-electron chi connectivity index (χ1n) is 9.83. The Balaban J connectivity index is 1.50. The Labute approximate surface area is 162 Å². The Morgan fingerprint density at radius 3 is 2.48 bits per heavy atom. The number of carbonyl (C=O) groups excluding carboxylic acids is 1. The largest absolute Gasteiger partial charge is 0.393 e. The van der Waals surface area contributed by atoms with Crippen LogP contribution in [0.2, 0.25) is 0 Å². The van der Waals surface area contributed by atoms with Gasteiger partial charge < -0.3 is 14.9 Å². The van der Waals surface area contributed by atoms with Gasteiger partial charge >= 0.3 is 0 Å². The molecule has 1 N–H and O–H groups in total. The molecule has 1 heterocycles. The van der Waals surface area contributed by atoms with Crippen LogP contribution in [0.4, 0.5) is 5.69 Å². The van der Waals surface area contributed by atoms with Crippen LogP contribution < -0.4 is 4.90 Å². The monoisotopic (exact) mass is 366 g/mol. The van der Waals surface area contributed by atoms with Gasteiger partial charge in [0, 0.05) is 38.4 Å². The van der Waals surface area contributed by atoms with E-state index in [2.05, 4.69) is 12.1 Å². The summed E-state index contributed by atoms with van der Waals surface area (Å²) in [6.45, 7) is 1.44. The molecule has 0 aliphatic carbocycles. The van der Waals surface area contributed by atoms with Gasteiger partial charge in [0.2, 0.25) is 0 Å². The van der Waals surface area contributed by atoms with Crippen LogP contribution in [0, 0.1) is 5.92 Å². The number of amides is 1. The lowest BCUT2D eigenvalue weighted by molar-refractivity contribution is 0.0437. The van der Waals surface area contributed by atoms with Crippen LogP contribution in [-0.4, -0.2) is 49.2 Å². The Bertz CT molecular complexity index is 737. The average Bonchev–Trinajstić information content (AvgIpc) is 2.72. The molecule has 0 saturated carbocycles. The van der Waals surface area contributed by atoms with Crippen molar-refractivity contribution in [3.05, 3.63) is 65.7 Å². The molecule has 2 aromatic carbocycles. The standard InChI is InChI=1S/C23H30N2O2/c1-24(2)21-10-6-9-20(17-21)23(27)25-15-13-19(14-16-25)22(26)12-11-18-7-4-3-5-8-18/h3-10,17,19,22,26H,11-16H2,1-2H3/t22-/m1/s1. The van der Waals surface area contributed by atoms with E-state index >= 15 is 0 Å². The summed E-state index contributed by atoms with van der Waals surface area (Å²) < 4.78 is 0. The second-order valence-corrected chi connectivity index (χ2v) is 7.67. The number of carbonyl (C=O) groups is 1. The Morgan fingerprint density at radius 2 is 1.81 bits per heavy atom. The summed E-state index contributed by atoms with van der Waals surface area (Å²) in [7, 11) is 3.96. The maximum atomic E-state index is 12.8. The summed E-state index contributed by atoms with van der Waals surface area (Å²) in [5.41, 5.74) is 3.04. The molecule has 27 heavy (non-hydrogen) atoms. The molecule has 1 amide bonds. The fourth-order valence-electron chi connectivity index (χ4n) is 3.78. The van der Waals surface area contributed by atoms with Crippen molar-refractivity contribution in [3.8, 4) is 0 Å². The predicted octanol–water partition coefficient (Wildman–Crippen LogP) is 3.60. The van der Waals surface area contributed by atoms with Crippen LogP contribution in [0.5, 0.6) is 0 Å². The molecule has 1 saturated heterocycles. The van der Waals surface area contributed by atoms with Crippen molar-refractivity contribution in [3.63, 3.8) is 0 Å². The molecule has 1 atom stereocenters. The zero-order valence-corrected chi connectivity index (χ0v) is 16.3. The molecule has 2 aromatic rings. The van der Waals surface area contributed by atoms with Gasteiger partial charge in [-0.1, -0.05) is 36.4 Å². The number of anilines is 1. The number of aliphatic hydroxyl groups excluding tert-OH is 1. The minimum atomic E-state index is -0.292. The van der Waals surface area contributed by atoms with Crippen LogP contribution in [-0.2, 0) is 6.42 Å². The second kappa shape index (κ2) is 9.05. The molecular weight excluding hydrogens is 336 g/mol. The first kappa shape index (κ1) is 19.4. The van der Waals surface area contributed by atoms with Crippen LogP contribution in [0.1, 0.15) is 35.2 Å². The number of aryl methyl sites for hydroxylation is 1. The highest BCUT2D eigenvalue weighted by Gasteiger charge is 2.27. The number of piperidine rings is 1. The number of hydrogen-bond acceptors (Lipinski definition) is 3. The lowest BCUT2D eigenvalue weighted by Crippen LogP contribution is -2.41. The lowest BCUT2D eigenvalue weighted by atomic mass is 9.88. The zero-order valence-electron chi connectivity index (χ0n) is 16.3. The topological polar surface area (TPSA) is 43.8 Å². The van der Waals surface area contributed by atoms with Gasteiger partial charge in [0.05, 0.1) is 6.10 Å². The highest BCUT2D eigenvalue weighted by Crippen LogP contribution is 2.25. The number of rotatable bonds is 6. The lowest BCUT2D eigenvalue weighted by Gasteiger charge is -2.34. The van der Waals surface area contributed by atoms with Gasteiger partial charge in [-0.3, -0.25) is 4.79 Å². The van der Waals surface area contributed by atoms with Crippen LogP contribution >= 0.6 is 0 Å². The maximum Gasteiger partial charge on any atom is 0.253 e. The highest BCUT2D eigenvalue weighted by atomic mass is 16.3. The quantitative estimate of drug-likeness (QED) is 0.849. The number of hydrogen-bond donors (Lipinski definition) is 1. The van der Waals surface area contributed by atoms with Gasteiger partial charge in [0.15, 0.2) is 0 Å². The molecular formula is C23H30N2O2. The molecule has 1 aliphatic heterocycles. The van der Waals surface area contributed by atoms with E-state index in [1.165, 1.54) is 5.56 Å². The summed E-state index contributed by atoms with van der Waals surface area (Å²) in [6, 6.07) is 18.1. The minimum absolute atomic E-state index is 0.0934. The number of aliphatic hydroxyl groups is 1. The molecule has 4 heteroatoms. The molecule has 1 fully saturated rings. The van der Waals surface area contributed by atoms with Crippen LogP contribution in [0.3, 0.4) is 0 Å². The average molecular weight is 367 g/mol. The third-order valence-corrected chi connectivity index (χ3v) is 5.55. The molecule has 0 unspecified atom stereocenters. The van der Waals surface area contributed by atoms with E-state index < -0.39 is 0 Å². The molecule has 0 spiro atoms. The van der Waals surface area contributed by atoms with E-state index in [-0.39, 0.29) is 17.9 Å². The van der Waals surface area contributed by atoms with E-state index in [1.54, 1.807) is 0 Å². The first-order valence-corrected chi connectivity index (χ1v) is 9.83. The van der Waals surface area contributed by atoms with Crippen molar-refractivity contribution in [1.82, 2.24) is 4.90 Å². The molecule has 1 aliphatic rings. The van der Waals surface area contributed by atoms with Crippen molar-refractivity contribution < 1.29 is 9.90 Å². The fourth-order valence-corrected chi connectivity index (χ4v) is 3.78. The van der Waals surface area contributed by atoms with E-state index in [9.17, 15) is 9.90 Å². The summed E-state index contributed by atoms with van der Waals surface area (Å²) in [4.78, 5) is 16.7. The highest BCUT2D eigenvalue weighted by molar-refractivity contribution is 5.95. The first-order chi connectivity index (χ1) is 13.0. The van der Waals surface area contributed by atoms with Crippen LogP contribution in [0.15, 0.2) is 54.6 Å². The summed E-state index contributed by atoms with van der Waals surface area (Å²) >= 11 is 0. The Hall–Kier alpha value is -2.33. The van der Waals surface area contributed by atoms with E-state index in [1.807, 2.05) is 66.4 Å². The minimum Gasteiger partial charge on any atom is -0.393 e. The third kappa shape index (κ3) is 5.10. The molecule has 0 radical (unpaired) electrons. The molecule has 4 nitrogen and oxygen atoms in total. The number of nitrogens with zero attached hydrogens (tertiary/aromatic N) is 2. The van der Waals surface area contributed by atoms with Gasteiger partial charge in [0.25, 0.3) is 5.91 Å². The molecule has 0 bridgehead atoms. The van der Waals surface area contributed by atoms with Gasteiger partial charge in [-0.05, 0) is 55.4 Å². The fraction of sp³-hybridized carbons (Fsp3) is 0.435. The van der Waals surface area contributed by atoms with Gasteiger partial charge in [-0.2, -0.15) is 0 Å². The van der Waals surface area contributed by atoms with Crippen molar-refractivity contribution in [2.24, 2.45) is 5.92 Å². The SMILES string of the molecule is CN(C)c1cccc(C(=O)N2CCC([C@H](O)CCc3ccccc3)CC2)c1. The molecule has 144 valence electrons. The van der Waals surface area contributed by atoms with Crippen molar-refractivity contribution in [1.29, 1.82) is 0 Å². The normalized spacial score (nSPS) is 16.2. The van der Waals surface area contributed by atoms with E-state index in [0.717, 1.165) is 50.0 Å². The van der Waals surface area contributed by atoms with Crippen molar-refractivity contribution in [2.75, 3.05) is 32.1 Å². The molecule has 3 rings (SSSR count). The van der Waals surface area contributed by atoms with E-state index in [0.29, 0.717) is 0 Å². The second-order valence-electron chi connectivity index (χ2n) is 7.67. The number of benzene rings is 2. The number of likely N-dealkylation sites (tertiary alicyclic amines) is 1. The zero-order chi connectivity index (χ0) is 19.2. The van der Waals surface area contributed by atoms with Crippen LogP contribution in [0.25, 0.3) is 0 Å². The Kier molecular flexibility index (Phi) is 6.51. The van der Waals surface area contributed by atoms with Crippen molar-refractivity contribution in [2.45, 2.75) is 31.8 Å². The summed E-state index contributed by atoms with van der Waals surface area (Å²) in [6.07, 6.45) is 3.13. The third-order valence-electron chi connectivity index (χ3n) is 5.55. The smallest absolute Gasteiger partial charge is 0.253 e. The van der Waals surface area contributed by atoms with Gasteiger partial charge in [0.1, 0.15) is 0 Å². The molecule has 0 aromatic heterocycles. The van der Waals surface area contributed by atoms with Gasteiger partial charge in [-0.25, -0.2) is 0 Å². The Morgan fingerprint density at radius 1 is 1.11 bits per heavy atom. The summed E-state index contributed by atoms with van der Waals surface area (Å²) in [5.74, 6) is 0.377. The summed E-state index contributed by atoms with van der Waals surface area (Å²) in [5, 5.41) is 10.6. The van der Waals surface area contributed by atoms with Gasteiger partial charge in [-0.15, -0.1) is 0 Å². The van der Waals surface area contributed by atoms with Crippen molar-refractivity contribution >= 4 is 11.6 Å².